The summed E-state index contributed by atoms with van der Waals surface area (Å²) in [5.41, 5.74) is 5.17. The molecule has 3 rings (SSSR count). The lowest BCUT2D eigenvalue weighted by atomic mass is 10.1. The molecule has 0 fully saturated rings. The number of anilines is 2. The first-order valence-corrected chi connectivity index (χ1v) is 9.06. The van der Waals surface area contributed by atoms with Gasteiger partial charge in [0.1, 0.15) is 11.4 Å². The molecular weight excluding hydrogens is 352 g/mol. The number of hydrogen-bond acceptors (Lipinski definition) is 5. The number of carbonyl (C=O) groups is 1. The molecule has 0 bridgehead atoms. The van der Waals surface area contributed by atoms with Crippen molar-refractivity contribution in [1.82, 2.24) is 15.3 Å². The van der Waals surface area contributed by atoms with E-state index in [0.29, 0.717) is 18.2 Å². The lowest BCUT2D eigenvalue weighted by Gasteiger charge is -2.13. The van der Waals surface area contributed by atoms with Crippen molar-refractivity contribution in [3.63, 3.8) is 0 Å². The van der Waals surface area contributed by atoms with Gasteiger partial charge in [0.25, 0.3) is 5.91 Å². The van der Waals surface area contributed by atoms with E-state index in [1.165, 1.54) is 0 Å². The highest BCUT2D eigenvalue weighted by atomic mass is 16.5. The van der Waals surface area contributed by atoms with Crippen molar-refractivity contribution < 1.29 is 9.53 Å². The van der Waals surface area contributed by atoms with Gasteiger partial charge in [0.15, 0.2) is 0 Å². The van der Waals surface area contributed by atoms with Gasteiger partial charge >= 0.3 is 0 Å². The van der Waals surface area contributed by atoms with Crippen molar-refractivity contribution in [1.29, 1.82) is 0 Å². The number of aryl methyl sites for hydroxylation is 3. The number of hydrogen-bond donors (Lipinski definition) is 2. The van der Waals surface area contributed by atoms with E-state index in [2.05, 4.69) is 20.6 Å². The molecule has 6 heteroatoms. The fraction of sp³-hybridized carbons (Fsp3) is 0.227. The first kappa shape index (κ1) is 19.4. The summed E-state index contributed by atoms with van der Waals surface area (Å²) in [5.74, 6) is 0.946. The minimum atomic E-state index is -0.245. The zero-order chi connectivity index (χ0) is 20.1. The Balaban J connectivity index is 1.73. The Labute approximate surface area is 165 Å². The molecule has 0 aliphatic heterocycles. The van der Waals surface area contributed by atoms with Crippen molar-refractivity contribution in [2.75, 3.05) is 12.4 Å². The second-order valence-electron chi connectivity index (χ2n) is 6.64. The number of methoxy groups -OCH3 is 1. The van der Waals surface area contributed by atoms with Crippen molar-refractivity contribution in [3.8, 4) is 5.75 Å². The summed E-state index contributed by atoms with van der Waals surface area (Å²) in [6.45, 7) is 6.30. The number of rotatable bonds is 6. The van der Waals surface area contributed by atoms with Gasteiger partial charge in [-0.05, 0) is 55.7 Å². The molecule has 0 aliphatic carbocycles. The van der Waals surface area contributed by atoms with Gasteiger partial charge in [-0.2, -0.15) is 0 Å². The minimum absolute atomic E-state index is 0.245. The minimum Gasteiger partial charge on any atom is -0.497 e. The highest BCUT2D eigenvalue weighted by Gasteiger charge is 2.12. The summed E-state index contributed by atoms with van der Waals surface area (Å²) in [7, 11) is 1.62. The van der Waals surface area contributed by atoms with Crippen LogP contribution in [0.5, 0.6) is 5.75 Å². The van der Waals surface area contributed by atoms with Crippen LogP contribution < -0.4 is 15.4 Å². The molecule has 6 nitrogen and oxygen atoms in total. The molecular formula is C22H24N4O2. The molecule has 1 amide bonds. The number of carbonyl (C=O) groups excluding carboxylic acids is 1. The number of benzene rings is 2. The molecule has 0 atom stereocenters. The Kier molecular flexibility index (Phi) is 5.89. The maximum atomic E-state index is 12.6. The van der Waals surface area contributed by atoms with Crippen LogP contribution in [0.4, 0.5) is 11.6 Å². The fourth-order valence-electron chi connectivity index (χ4n) is 2.88. The molecule has 1 heterocycles. The number of para-hydroxylation sites is 1. The maximum absolute atomic E-state index is 12.6. The van der Waals surface area contributed by atoms with Crippen molar-refractivity contribution in [3.05, 3.63) is 76.6 Å². The van der Waals surface area contributed by atoms with Crippen LogP contribution >= 0.6 is 0 Å². The Morgan fingerprint density at radius 1 is 1.00 bits per heavy atom. The summed E-state index contributed by atoms with van der Waals surface area (Å²) in [6.07, 6.45) is 0. The molecule has 0 radical (unpaired) electrons. The first-order chi connectivity index (χ1) is 13.5. The second-order valence-corrected chi connectivity index (χ2v) is 6.64. The lowest BCUT2D eigenvalue weighted by molar-refractivity contribution is 0.0945. The molecule has 2 N–H and O–H groups in total. The van der Waals surface area contributed by atoms with Crippen LogP contribution in [0.3, 0.4) is 0 Å². The Morgan fingerprint density at radius 3 is 2.32 bits per heavy atom. The first-order valence-electron chi connectivity index (χ1n) is 9.06. The molecule has 28 heavy (non-hydrogen) atoms. The zero-order valence-electron chi connectivity index (χ0n) is 16.5. The average molecular weight is 376 g/mol. The predicted molar refractivity (Wildman–Crippen MR) is 110 cm³/mol. The molecule has 144 valence electrons. The Bertz CT molecular complexity index is 964. The molecule has 0 unspecified atom stereocenters. The molecule has 0 saturated heterocycles. The van der Waals surface area contributed by atoms with E-state index in [1.807, 2.05) is 63.2 Å². The highest BCUT2D eigenvalue weighted by Crippen LogP contribution is 2.22. The maximum Gasteiger partial charge on any atom is 0.270 e. The van der Waals surface area contributed by atoms with Crippen LogP contribution in [0.1, 0.15) is 32.9 Å². The van der Waals surface area contributed by atoms with Gasteiger partial charge in [0, 0.05) is 17.9 Å². The Morgan fingerprint density at radius 2 is 1.68 bits per heavy atom. The van der Waals surface area contributed by atoms with E-state index in [1.54, 1.807) is 13.2 Å². The third kappa shape index (κ3) is 4.65. The molecule has 0 saturated carbocycles. The van der Waals surface area contributed by atoms with Gasteiger partial charge in [-0.3, -0.25) is 4.79 Å². The van der Waals surface area contributed by atoms with Gasteiger partial charge in [0.2, 0.25) is 5.95 Å². The van der Waals surface area contributed by atoms with Crippen LogP contribution in [0, 0.1) is 20.8 Å². The lowest BCUT2D eigenvalue weighted by Crippen LogP contribution is -2.24. The number of aromatic nitrogens is 2. The smallest absolute Gasteiger partial charge is 0.270 e. The summed E-state index contributed by atoms with van der Waals surface area (Å²) in [6, 6.07) is 15.3. The average Bonchev–Trinajstić information content (AvgIpc) is 2.69. The van der Waals surface area contributed by atoms with Gasteiger partial charge in [-0.1, -0.05) is 30.3 Å². The van der Waals surface area contributed by atoms with Gasteiger partial charge in [-0.15, -0.1) is 0 Å². The normalized spacial score (nSPS) is 10.4. The van der Waals surface area contributed by atoms with Crippen molar-refractivity contribution in [2.45, 2.75) is 27.3 Å². The van der Waals surface area contributed by atoms with E-state index in [0.717, 1.165) is 33.8 Å². The van der Waals surface area contributed by atoms with Crippen molar-refractivity contribution in [2.24, 2.45) is 0 Å². The van der Waals surface area contributed by atoms with Crippen LogP contribution in [-0.4, -0.2) is 23.0 Å². The van der Waals surface area contributed by atoms with E-state index < -0.39 is 0 Å². The number of amides is 1. The molecule has 3 aromatic rings. The predicted octanol–water partition coefficient (Wildman–Crippen LogP) is 4.08. The SMILES string of the molecule is COc1ccc(CNC(=O)c2cc(C)nc(Nc3c(C)cccc3C)n2)cc1. The highest BCUT2D eigenvalue weighted by molar-refractivity contribution is 5.92. The van der Waals surface area contributed by atoms with Crippen LogP contribution in [0.15, 0.2) is 48.5 Å². The number of nitrogens with one attached hydrogen (secondary N) is 2. The van der Waals surface area contributed by atoms with Gasteiger partial charge in [-0.25, -0.2) is 9.97 Å². The van der Waals surface area contributed by atoms with Crippen LogP contribution in [-0.2, 0) is 6.54 Å². The quantitative estimate of drug-likeness (QED) is 0.678. The third-order valence-corrected chi connectivity index (χ3v) is 4.42. The zero-order valence-corrected chi connectivity index (χ0v) is 16.5. The van der Waals surface area contributed by atoms with Crippen molar-refractivity contribution >= 4 is 17.5 Å². The van der Waals surface area contributed by atoms with E-state index in [-0.39, 0.29) is 5.91 Å². The third-order valence-electron chi connectivity index (χ3n) is 4.42. The largest absolute Gasteiger partial charge is 0.497 e. The second kappa shape index (κ2) is 8.52. The van der Waals surface area contributed by atoms with Crippen LogP contribution in [0.2, 0.25) is 0 Å². The summed E-state index contributed by atoms with van der Waals surface area (Å²) in [5, 5.41) is 6.14. The van der Waals surface area contributed by atoms with E-state index in [4.69, 9.17) is 4.74 Å². The van der Waals surface area contributed by atoms with Crippen LogP contribution in [0.25, 0.3) is 0 Å². The van der Waals surface area contributed by atoms with E-state index >= 15 is 0 Å². The summed E-state index contributed by atoms with van der Waals surface area (Å²) < 4.78 is 5.14. The van der Waals surface area contributed by atoms with Gasteiger partial charge in [0.05, 0.1) is 7.11 Å². The summed E-state index contributed by atoms with van der Waals surface area (Å²) >= 11 is 0. The molecule has 0 aliphatic rings. The van der Waals surface area contributed by atoms with E-state index in [9.17, 15) is 4.79 Å². The fourth-order valence-corrected chi connectivity index (χ4v) is 2.88. The molecule has 1 aromatic heterocycles. The topological polar surface area (TPSA) is 76.1 Å². The summed E-state index contributed by atoms with van der Waals surface area (Å²) in [4.78, 5) is 21.4. The Hall–Kier alpha value is -3.41. The number of nitrogens with zero attached hydrogens (tertiary/aromatic N) is 2. The molecule has 0 spiro atoms. The standard InChI is InChI=1S/C22H24N4O2/c1-14-6-5-7-15(2)20(14)26-22-24-16(3)12-19(25-22)21(27)23-13-17-8-10-18(28-4)11-9-17/h5-12H,13H2,1-4H3,(H,23,27)(H,24,25,26). The van der Waals surface area contributed by atoms with Gasteiger partial charge < -0.3 is 15.4 Å². The monoisotopic (exact) mass is 376 g/mol. The molecule has 2 aromatic carbocycles. The number of ether oxygens (including phenoxy) is 1.